The maximum Gasteiger partial charge on any atom is 0.243 e. The highest BCUT2D eigenvalue weighted by Crippen LogP contribution is 2.21. The average Bonchev–Trinajstić information content (AvgIpc) is 2.51. The smallest absolute Gasteiger partial charge is 0.243 e. The molecule has 1 fully saturated rings. The second kappa shape index (κ2) is 5.54. The SMILES string of the molecule is CC1CCN(c2ccccc2)C(CC#N)C(=O)N1. The molecule has 0 spiro atoms. The molecule has 1 aliphatic heterocycles. The predicted octanol–water partition coefficient (Wildman–Crippen LogP) is 1.68. The van der Waals surface area contributed by atoms with Crippen molar-refractivity contribution in [1.29, 1.82) is 5.26 Å². The normalized spacial score (nSPS) is 24.0. The molecule has 0 aliphatic carbocycles. The Morgan fingerprint density at radius 1 is 1.44 bits per heavy atom. The number of nitrogens with zero attached hydrogens (tertiary/aromatic N) is 2. The minimum atomic E-state index is -0.387. The Morgan fingerprint density at radius 2 is 2.17 bits per heavy atom. The molecule has 1 N–H and O–H groups in total. The fourth-order valence-electron chi connectivity index (χ4n) is 2.26. The van der Waals surface area contributed by atoms with E-state index in [1.165, 1.54) is 0 Å². The summed E-state index contributed by atoms with van der Waals surface area (Å²) in [7, 11) is 0. The lowest BCUT2D eigenvalue weighted by Gasteiger charge is -2.28. The van der Waals surface area contributed by atoms with E-state index in [9.17, 15) is 4.79 Å². The van der Waals surface area contributed by atoms with Crippen LogP contribution >= 0.6 is 0 Å². The number of nitriles is 1. The number of nitrogens with one attached hydrogen (secondary N) is 1. The molecular formula is C14H17N3O. The fourth-order valence-corrected chi connectivity index (χ4v) is 2.26. The molecular weight excluding hydrogens is 226 g/mol. The van der Waals surface area contributed by atoms with Crippen molar-refractivity contribution in [2.45, 2.75) is 31.8 Å². The van der Waals surface area contributed by atoms with E-state index in [1.807, 2.05) is 42.2 Å². The number of anilines is 1. The summed E-state index contributed by atoms with van der Waals surface area (Å²) in [6.07, 6.45) is 1.11. The van der Waals surface area contributed by atoms with E-state index in [4.69, 9.17) is 5.26 Å². The zero-order chi connectivity index (χ0) is 13.0. The quantitative estimate of drug-likeness (QED) is 0.859. The van der Waals surface area contributed by atoms with Gasteiger partial charge in [-0.3, -0.25) is 4.79 Å². The van der Waals surface area contributed by atoms with Crippen LogP contribution in [0.2, 0.25) is 0 Å². The molecule has 0 bridgehead atoms. The van der Waals surface area contributed by atoms with Gasteiger partial charge < -0.3 is 10.2 Å². The summed E-state index contributed by atoms with van der Waals surface area (Å²) in [5.74, 6) is -0.0506. The van der Waals surface area contributed by atoms with Gasteiger partial charge in [0, 0.05) is 18.3 Å². The number of rotatable bonds is 2. The number of hydrogen-bond acceptors (Lipinski definition) is 3. The number of carbonyl (C=O) groups is 1. The summed E-state index contributed by atoms with van der Waals surface area (Å²) in [6, 6.07) is 11.7. The molecule has 1 amide bonds. The van der Waals surface area contributed by atoms with Gasteiger partial charge in [0.2, 0.25) is 5.91 Å². The van der Waals surface area contributed by atoms with E-state index in [0.29, 0.717) is 0 Å². The van der Waals surface area contributed by atoms with Gasteiger partial charge >= 0.3 is 0 Å². The van der Waals surface area contributed by atoms with Gasteiger partial charge in [0.25, 0.3) is 0 Å². The zero-order valence-corrected chi connectivity index (χ0v) is 10.5. The molecule has 1 aromatic rings. The van der Waals surface area contributed by atoms with Gasteiger partial charge in [0.1, 0.15) is 6.04 Å². The van der Waals surface area contributed by atoms with Gasteiger partial charge in [-0.05, 0) is 25.5 Å². The summed E-state index contributed by atoms with van der Waals surface area (Å²) >= 11 is 0. The van der Waals surface area contributed by atoms with Crippen LogP contribution in [0, 0.1) is 11.3 Å². The first-order chi connectivity index (χ1) is 8.72. The Kier molecular flexibility index (Phi) is 3.83. The van der Waals surface area contributed by atoms with Crippen molar-refractivity contribution in [3.63, 3.8) is 0 Å². The first-order valence-corrected chi connectivity index (χ1v) is 6.21. The van der Waals surface area contributed by atoms with Crippen LogP contribution in [-0.4, -0.2) is 24.5 Å². The molecule has 18 heavy (non-hydrogen) atoms. The fraction of sp³-hybridized carbons (Fsp3) is 0.429. The van der Waals surface area contributed by atoms with Crippen LogP contribution in [0.4, 0.5) is 5.69 Å². The largest absolute Gasteiger partial charge is 0.359 e. The minimum Gasteiger partial charge on any atom is -0.359 e. The molecule has 0 saturated carbocycles. The second-order valence-corrected chi connectivity index (χ2v) is 4.61. The Labute approximate surface area is 107 Å². The first-order valence-electron chi connectivity index (χ1n) is 6.21. The third-order valence-corrected chi connectivity index (χ3v) is 3.24. The van der Waals surface area contributed by atoms with Gasteiger partial charge in [-0.15, -0.1) is 0 Å². The second-order valence-electron chi connectivity index (χ2n) is 4.61. The molecule has 1 heterocycles. The molecule has 1 saturated heterocycles. The van der Waals surface area contributed by atoms with Gasteiger partial charge in [-0.1, -0.05) is 18.2 Å². The lowest BCUT2D eigenvalue weighted by atomic mass is 10.1. The predicted molar refractivity (Wildman–Crippen MR) is 70.0 cm³/mol. The number of benzene rings is 1. The third-order valence-electron chi connectivity index (χ3n) is 3.24. The molecule has 0 radical (unpaired) electrons. The van der Waals surface area contributed by atoms with E-state index < -0.39 is 0 Å². The Bertz CT molecular complexity index is 452. The van der Waals surface area contributed by atoms with E-state index in [0.717, 1.165) is 18.7 Å². The Morgan fingerprint density at radius 3 is 2.83 bits per heavy atom. The van der Waals surface area contributed by atoms with Gasteiger partial charge in [0.05, 0.1) is 12.5 Å². The highest BCUT2D eigenvalue weighted by atomic mass is 16.2. The highest BCUT2D eigenvalue weighted by Gasteiger charge is 2.30. The van der Waals surface area contributed by atoms with Gasteiger partial charge in [0.15, 0.2) is 0 Å². The number of para-hydroxylation sites is 1. The maximum atomic E-state index is 12.1. The van der Waals surface area contributed by atoms with E-state index in [1.54, 1.807) is 0 Å². The van der Waals surface area contributed by atoms with Crippen molar-refractivity contribution < 1.29 is 4.79 Å². The van der Waals surface area contributed by atoms with Crippen LogP contribution in [0.3, 0.4) is 0 Å². The molecule has 2 rings (SSSR count). The van der Waals surface area contributed by atoms with Crippen molar-refractivity contribution in [2.24, 2.45) is 0 Å². The van der Waals surface area contributed by atoms with Crippen molar-refractivity contribution in [2.75, 3.05) is 11.4 Å². The minimum absolute atomic E-state index is 0.0506. The van der Waals surface area contributed by atoms with Crippen LogP contribution < -0.4 is 10.2 Å². The molecule has 1 aliphatic rings. The zero-order valence-electron chi connectivity index (χ0n) is 10.5. The van der Waals surface area contributed by atoms with Crippen molar-refractivity contribution >= 4 is 11.6 Å². The van der Waals surface area contributed by atoms with Crippen molar-refractivity contribution in [1.82, 2.24) is 5.32 Å². The van der Waals surface area contributed by atoms with Gasteiger partial charge in [-0.2, -0.15) is 5.26 Å². The topological polar surface area (TPSA) is 56.1 Å². The average molecular weight is 243 g/mol. The van der Waals surface area contributed by atoms with Crippen LogP contribution in [0.5, 0.6) is 0 Å². The summed E-state index contributed by atoms with van der Waals surface area (Å²) in [4.78, 5) is 14.1. The molecule has 4 nitrogen and oxygen atoms in total. The number of carbonyl (C=O) groups excluding carboxylic acids is 1. The molecule has 0 aromatic heterocycles. The maximum absolute atomic E-state index is 12.1. The first kappa shape index (κ1) is 12.4. The monoisotopic (exact) mass is 243 g/mol. The van der Waals surface area contributed by atoms with Crippen LogP contribution in [0.1, 0.15) is 19.8 Å². The molecule has 94 valence electrons. The van der Waals surface area contributed by atoms with Crippen LogP contribution in [-0.2, 0) is 4.79 Å². The molecule has 4 heteroatoms. The summed E-state index contributed by atoms with van der Waals surface area (Å²) in [6.45, 7) is 2.78. The summed E-state index contributed by atoms with van der Waals surface area (Å²) in [5.41, 5.74) is 1.00. The Hall–Kier alpha value is -2.02. The number of amides is 1. The molecule has 1 aromatic carbocycles. The standard InChI is InChI=1S/C14H17N3O/c1-11-8-10-17(12-5-3-2-4-6-12)13(7-9-15)14(18)16-11/h2-6,11,13H,7-8,10H2,1H3,(H,16,18). The Balaban J connectivity index is 2.29. The summed E-state index contributed by atoms with van der Waals surface area (Å²) in [5, 5.41) is 11.8. The lowest BCUT2D eigenvalue weighted by Crippen LogP contribution is -2.45. The third kappa shape index (κ3) is 2.62. The summed E-state index contributed by atoms with van der Waals surface area (Å²) < 4.78 is 0. The number of hydrogen-bond donors (Lipinski definition) is 1. The lowest BCUT2D eigenvalue weighted by molar-refractivity contribution is -0.122. The van der Waals surface area contributed by atoms with Crippen LogP contribution in [0.15, 0.2) is 30.3 Å². The van der Waals surface area contributed by atoms with Gasteiger partial charge in [-0.25, -0.2) is 0 Å². The van der Waals surface area contributed by atoms with E-state index in [-0.39, 0.29) is 24.4 Å². The van der Waals surface area contributed by atoms with Crippen LogP contribution in [0.25, 0.3) is 0 Å². The van der Waals surface area contributed by atoms with E-state index >= 15 is 0 Å². The highest BCUT2D eigenvalue weighted by molar-refractivity contribution is 5.86. The van der Waals surface area contributed by atoms with Crippen molar-refractivity contribution in [3.05, 3.63) is 30.3 Å². The molecule has 2 atom stereocenters. The van der Waals surface area contributed by atoms with E-state index in [2.05, 4.69) is 11.4 Å². The molecule has 2 unspecified atom stereocenters. The van der Waals surface area contributed by atoms with Crippen molar-refractivity contribution in [3.8, 4) is 6.07 Å².